The van der Waals surface area contributed by atoms with Crippen molar-refractivity contribution in [1.29, 1.82) is 0 Å². The van der Waals surface area contributed by atoms with Crippen molar-refractivity contribution in [2.75, 3.05) is 49.9 Å². The van der Waals surface area contributed by atoms with Gasteiger partial charge in [-0.1, -0.05) is 13.8 Å². The molecule has 9 N–H and O–H groups in total. The lowest BCUT2D eigenvalue weighted by molar-refractivity contribution is 0.0942. The van der Waals surface area contributed by atoms with Gasteiger partial charge in [0.05, 0.1) is 0 Å². The Labute approximate surface area is 294 Å². The average Bonchev–Trinajstić information content (AvgIpc) is 3.87. The lowest BCUT2D eigenvalue weighted by atomic mass is 10.1. The molecule has 0 aliphatic heterocycles. The number of fused-ring (bicyclic) bond motifs is 3. The zero-order chi connectivity index (χ0) is 35.7. The number of amides is 4. The monoisotopic (exact) mass is 689 g/mol. The number of H-pyrrole nitrogens is 3. The van der Waals surface area contributed by atoms with E-state index in [0.717, 1.165) is 47.7 Å². The van der Waals surface area contributed by atoms with Crippen molar-refractivity contribution in [3.05, 3.63) is 95.4 Å². The second kappa shape index (κ2) is 16.2. The summed E-state index contributed by atoms with van der Waals surface area (Å²) < 4.78 is 0. The molecule has 13 heteroatoms. The van der Waals surface area contributed by atoms with Crippen molar-refractivity contribution < 1.29 is 19.2 Å². The first kappa shape index (κ1) is 34.9. The molecular weight excluding hydrogens is 646 g/mol. The SMILES string of the molecule is CCCNCCNC(=O)c1cc2cc(NC(=O)c3ccc4[nH]c(C(=O)Nc5ccc6[nH]c(C(=O)NCCNCCC)cc6c5)cc4c3)ccc2[nH]1. The number of nitrogens with one attached hydrogen (secondary N) is 9. The lowest BCUT2D eigenvalue weighted by Crippen LogP contribution is -2.32. The van der Waals surface area contributed by atoms with Gasteiger partial charge in [-0.15, -0.1) is 0 Å². The highest BCUT2D eigenvalue weighted by molar-refractivity contribution is 6.10. The summed E-state index contributed by atoms with van der Waals surface area (Å²) in [6.07, 6.45) is 2.07. The summed E-state index contributed by atoms with van der Waals surface area (Å²) in [5, 5.41) is 20.4. The van der Waals surface area contributed by atoms with Crippen LogP contribution in [-0.2, 0) is 0 Å². The van der Waals surface area contributed by atoms with E-state index in [1.807, 2.05) is 24.3 Å². The van der Waals surface area contributed by atoms with Crippen LogP contribution in [0.25, 0.3) is 32.7 Å². The second-order valence-corrected chi connectivity index (χ2v) is 12.4. The van der Waals surface area contributed by atoms with Crippen molar-refractivity contribution in [3.8, 4) is 0 Å². The first-order valence-corrected chi connectivity index (χ1v) is 17.3. The Balaban J connectivity index is 1.06. The molecule has 0 bridgehead atoms. The van der Waals surface area contributed by atoms with E-state index in [2.05, 4.69) is 60.7 Å². The van der Waals surface area contributed by atoms with E-state index >= 15 is 0 Å². The van der Waals surface area contributed by atoms with Crippen molar-refractivity contribution in [3.63, 3.8) is 0 Å². The molecule has 3 heterocycles. The Morgan fingerprint density at radius 3 is 1.39 bits per heavy atom. The smallest absolute Gasteiger partial charge is 0.272 e. The van der Waals surface area contributed by atoms with Crippen LogP contribution in [-0.4, -0.2) is 77.8 Å². The van der Waals surface area contributed by atoms with Gasteiger partial charge in [-0.3, -0.25) is 19.2 Å². The molecule has 6 rings (SSSR count). The number of hydrogen-bond acceptors (Lipinski definition) is 6. The molecule has 0 aliphatic carbocycles. The van der Waals surface area contributed by atoms with Crippen LogP contribution in [0.4, 0.5) is 11.4 Å². The van der Waals surface area contributed by atoms with E-state index in [-0.39, 0.29) is 23.6 Å². The highest BCUT2D eigenvalue weighted by Gasteiger charge is 2.15. The highest BCUT2D eigenvalue weighted by atomic mass is 16.2. The van der Waals surface area contributed by atoms with Gasteiger partial charge in [-0.2, -0.15) is 0 Å². The van der Waals surface area contributed by atoms with Crippen molar-refractivity contribution in [2.24, 2.45) is 0 Å². The maximum Gasteiger partial charge on any atom is 0.272 e. The summed E-state index contributed by atoms with van der Waals surface area (Å²) in [5.41, 5.74) is 5.10. The van der Waals surface area contributed by atoms with Crippen LogP contribution < -0.4 is 31.9 Å². The minimum atomic E-state index is -0.342. The van der Waals surface area contributed by atoms with Crippen molar-refractivity contribution in [1.82, 2.24) is 36.2 Å². The largest absolute Gasteiger partial charge is 0.351 e. The van der Waals surface area contributed by atoms with E-state index in [9.17, 15) is 19.2 Å². The molecule has 0 saturated carbocycles. The maximum absolute atomic E-state index is 13.2. The van der Waals surface area contributed by atoms with Crippen LogP contribution in [0.1, 0.15) is 68.5 Å². The first-order valence-electron chi connectivity index (χ1n) is 17.3. The van der Waals surface area contributed by atoms with E-state index in [4.69, 9.17) is 0 Å². The fourth-order valence-electron chi connectivity index (χ4n) is 5.79. The topological polar surface area (TPSA) is 188 Å². The quantitative estimate of drug-likeness (QED) is 0.0637. The van der Waals surface area contributed by atoms with Crippen LogP contribution in [0.5, 0.6) is 0 Å². The summed E-state index contributed by atoms with van der Waals surface area (Å²) >= 11 is 0. The molecule has 4 amide bonds. The number of aromatic nitrogens is 3. The number of carbonyl (C=O) groups excluding carboxylic acids is 4. The molecule has 13 nitrogen and oxygen atoms in total. The molecule has 0 atom stereocenters. The van der Waals surface area contributed by atoms with E-state index < -0.39 is 0 Å². The molecule has 0 unspecified atom stereocenters. The lowest BCUT2D eigenvalue weighted by Gasteiger charge is -2.05. The molecule has 3 aromatic carbocycles. The van der Waals surface area contributed by atoms with Gasteiger partial charge < -0.3 is 46.9 Å². The molecule has 0 spiro atoms. The average molecular weight is 690 g/mol. The first-order chi connectivity index (χ1) is 24.8. The van der Waals surface area contributed by atoms with Gasteiger partial charge in [0.2, 0.25) is 0 Å². The number of anilines is 2. The Morgan fingerprint density at radius 2 is 0.902 bits per heavy atom. The van der Waals surface area contributed by atoms with Crippen molar-refractivity contribution >= 4 is 67.7 Å². The Bertz CT molecular complexity index is 2080. The van der Waals surface area contributed by atoms with Crippen LogP contribution in [0.15, 0.2) is 72.8 Å². The van der Waals surface area contributed by atoms with Crippen LogP contribution in [0.2, 0.25) is 0 Å². The van der Waals surface area contributed by atoms with Gasteiger partial charge in [0.1, 0.15) is 17.1 Å². The normalized spacial score (nSPS) is 11.3. The standard InChI is InChI=1S/C38H43N9O4/c1-3-11-39-13-15-41-36(49)32-21-25-18-27(6-9-30(25)45-32)43-35(48)23-5-8-29-24(17-23)20-34(47-29)38(51)44-28-7-10-31-26(19-28)22-33(46-31)37(50)42-16-14-40-12-4-2/h5-10,17-22,39-40,45-47H,3-4,11-16H2,1-2H3,(H,41,49)(H,42,50)(H,43,48)(H,44,51). The Morgan fingerprint density at radius 1 is 0.471 bits per heavy atom. The van der Waals surface area contributed by atoms with Gasteiger partial charge in [0.25, 0.3) is 23.6 Å². The zero-order valence-electron chi connectivity index (χ0n) is 28.7. The second-order valence-electron chi connectivity index (χ2n) is 12.4. The van der Waals surface area contributed by atoms with Gasteiger partial charge in [-0.25, -0.2) is 0 Å². The van der Waals surface area contributed by atoms with Gasteiger partial charge >= 0.3 is 0 Å². The van der Waals surface area contributed by atoms with Crippen LogP contribution in [0.3, 0.4) is 0 Å². The fraction of sp³-hybridized carbons (Fsp3) is 0.263. The Hall–Kier alpha value is -5.92. The van der Waals surface area contributed by atoms with E-state index in [1.54, 1.807) is 48.5 Å². The predicted molar refractivity (Wildman–Crippen MR) is 202 cm³/mol. The summed E-state index contributed by atoms with van der Waals surface area (Å²) in [5.74, 6) is -1.03. The third-order valence-corrected chi connectivity index (χ3v) is 8.40. The van der Waals surface area contributed by atoms with Gasteiger partial charge in [-0.05, 0) is 98.7 Å². The van der Waals surface area contributed by atoms with Gasteiger partial charge in [0, 0.05) is 75.8 Å². The van der Waals surface area contributed by atoms with E-state index in [1.165, 1.54) is 0 Å². The minimum absolute atomic E-state index is 0.189. The molecule has 6 aromatic rings. The summed E-state index contributed by atoms with van der Waals surface area (Å²) in [7, 11) is 0. The molecular formula is C38H43N9O4. The minimum Gasteiger partial charge on any atom is -0.351 e. The number of aromatic amines is 3. The fourth-order valence-corrected chi connectivity index (χ4v) is 5.79. The third-order valence-electron chi connectivity index (χ3n) is 8.40. The van der Waals surface area contributed by atoms with Crippen LogP contribution in [0, 0.1) is 0 Å². The summed E-state index contributed by atoms with van der Waals surface area (Å²) in [6.45, 7) is 8.45. The Kier molecular flexibility index (Phi) is 11.1. The molecule has 264 valence electrons. The molecule has 51 heavy (non-hydrogen) atoms. The molecule has 0 aliphatic rings. The van der Waals surface area contributed by atoms with E-state index in [0.29, 0.717) is 71.1 Å². The molecule has 3 aromatic heterocycles. The van der Waals surface area contributed by atoms with Crippen LogP contribution >= 0.6 is 0 Å². The molecule has 0 fully saturated rings. The predicted octanol–water partition coefficient (Wildman–Crippen LogP) is 5.09. The number of benzene rings is 3. The maximum atomic E-state index is 13.2. The molecule has 0 saturated heterocycles. The zero-order valence-corrected chi connectivity index (χ0v) is 28.7. The summed E-state index contributed by atoms with van der Waals surface area (Å²) in [6, 6.07) is 21.2. The van der Waals surface area contributed by atoms with Crippen molar-refractivity contribution in [2.45, 2.75) is 26.7 Å². The number of hydrogen-bond donors (Lipinski definition) is 9. The highest BCUT2D eigenvalue weighted by Crippen LogP contribution is 2.24. The van der Waals surface area contributed by atoms with Gasteiger partial charge in [0.15, 0.2) is 0 Å². The third kappa shape index (κ3) is 8.63. The molecule has 0 radical (unpaired) electrons. The number of rotatable bonds is 16. The number of carbonyl (C=O) groups is 4. The summed E-state index contributed by atoms with van der Waals surface area (Å²) in [4.78, 5) is 60.9.